The van der Waals surface area contributed by atoms with Crippen LogP contribution in [0.5, 0.6) is 0 Å². The van der Waals surface area contributed by atoms with Crippen molar-refractivity contribution in [1.82, 2.24) is 14.9 Å². The van der Waals surface area contributed by atoms with Crippen LogP contribution in [0.15, 0.2) is 15.5 Å². The van der Waals surface area contributed by atoms with E-state index in [9.17, 15) is 14.4 Å². The topological polar surface area (TPSA) is 103 Å². The highest BCUT2D eigenvalue weighted by Crippen LogP contribution is 2.21. The molecule has 0 aliphatic heterocycles. The average molecular weight is 391 g/mol. The molecule has 2 aromatic heterocycles. The molecule has 8 nitrogen and oxygen atoms in total. The predicted molar refractivity (Wildman–Crippen MR) is 105 cm³/mol. The summed E-state index contributed by atoms with van der Waals surface area (Å²) in [5, 5.41) is 2.94. The third-order valence-electron chi connectivity index (χ3n) is 4.47. The molecule has 1 amide bonds. The summed E-state index contributed by atoms with van der Waals surface area (Å²) < 4.78 is 11.6. The molecule has 0 aliphatic rings. The van der Waals surface area contributed by atoms with Crippen LogP contribution in [0.3, 0.4) is 0 Å². The maximum absolute atomic E-state index is 12.8. The lowest BCUT2D eigenvalue weighted by molar-refractivity contribution is -0.122. The Morgan fingerprint density at radius 3 is 2.64 bits per heavy atom. The van der Waals surface area contributed by atoms with Crippen LogP contribution < -0.4 is 10.9 Å². The minimum atomic E-state index is -0.640. The smallest absolute Gasteiger partial charge is 0.342 e. The van der Waals surface area contributed by atoms with Gasteiger partial charge in [-0.15, -0.1) is 0 Å². The fraction of sp³-hybridized carbons (Fsp3) is 0.600. The molecule has 0 fully saturated rings. The summed E-state index contributed by atoms with van der Waals surface area (Å²) in [4.78, 5) is 41.4. The zero-order valence-electron chi connectivity index (χ0n) is 17.2. The van der Waals surface area contributed by atoms with Gasteiger partial charge in [-0.1, -0.05) is 26.7 Å². The summed E-state index contributed by atoms with van der Waals surface area (Å²) >= 11 is 0. The van der Waals surface area contributed by atoms with Crippen LogP contribution in [-0.2, 0) is 16.1 Å². The first-order valence-electron chi connectivity index (χ1n) is 9.69. The van der Waals surface area contributed by atoms with Gasteiger partial charge in [0.25, 0.3) is 5.56 Å². The van der Waals surface area contributed by atoms with Crippen molar-refractivity contribution >= 4 is 23.0 Å². The molecule has 0 saturated heterocycles. The standard InChI is InChI=1S/C20H29N3O5/c1-6-27-20(26)16-14(5)28-18-17(16)19(25)23(11-21-18)10-15(24)22-13(4)9-7-8-12(2)3/h11-13H,6-10H2,1-5H3,(H,22,24)/t13-/m1/s1. The lowest BCUT2D eigenvalue weighted by atomic mass is 10.0. The molecule has 28 heavy (non-hydrogen) atoms. The molecule has 0 radical (unpaired) electrons. The zero-order chi connectivity index (χ0) is 20.8. The summed E-state index contributed by atoms with van der Waals surface area (Å²) in [5.41, 5.74) is -0.386. The molecule has 0 bridgehead atoms. The number of amides is 1. The highest BCUT2D eigenvalue weighted by molar-refractivity contribution is 6.03. The predicted octanol–water partition coefficient (Wildman–Crippen LogP) is 2.81. The Balaban J connectivity index is 2.16. The number of hydrogen-bond donors (Lipinski definition) is 1. The number of fused-ring (bicyclic) bond motifs is 1. The number of esters is 1. The SMILES string of the molecule is CCOC(=O)c1c(C)oc2ncn(CC(=O)N[C@H](C)CCCC(C)C)c(=O)c12. The van der Waals surface area contributed by atoms with Gasteiger partial charge in [-0.2, -0.15) is 0 Å². The van der Waals surface area contributed by atoms with Crippen molar-refractivity contribution in [3.8, 4) is 0 Å². The number of furan rings is 1. The summed E-state index contributed by atoms with van der Waals surface area (Å²) in [6.07, 6.45) is 4.27. The van der Waals surface area contributed by atoms with Crippen molar-refractivity contribution < 1.29 is 18.7 Å². The fourth-order valence-electron chi connectivity index (χ4n) is 3.08. The number of carbonyl (C=O) groups is 2. The van der Waals surface area contributed by atoms with E-state index in [1.54, 1.807) is 13.8 Å². The average Bonchev–Trinajstić information content (AvgIpc) is 2.94. The van der Waals surface area contributed by atoms with Crippen molar-refractivity contribution in [3.63, 3.8) is 0 Å². The lowest BCUT2D eigenvalue weighted by Crippen LogP contribution is -2.37. The van der Waals surface area contributed by atoms with Gasteiger partial charge < -0.3 is 14.5 Å². The van der Waals surface area contributed by atoms with Crippen molar-refractivity contribution in [2.45, 2.75) is 66.5 Å². The van der Waals surface area contributed by atoms with Crippen molar-refractivity contribution in [3.05, 3.63) is 28.0 Å². The van der Waals surface area contributed by atoms with Crippen LogP contribution in [0.2, 0.25) is 0 Å². The maximum atomic E-state index is 12.8. The molecule has 0 aliphatic carbocycles. The minimum Gasteiger partial charge on any atom is -0.462 e. The molecule has 154 valence electrons. The van der Waals surface area contributed by atoms with Crippen molar-refractivity contribution in [2.24, 2.45) is 5.92 Å². The third kappa shape index (κ3) is 5.21. The highest BCUT2D eigenvalue weighted by atomic mass is 16.5. The number of ether oxygens (including phenoxy) is 1. The third-order valence-corrected chi connectivity index (χ3v) is 4.47. The van der Waals surface area contributed by atoms with Crippen LogP contribution in [0.1, 0.15) is 63.1 Å². The fourth-order valence-corrected chi connectivity index (χ4v) is 3.08. The first kappa shape index (κ1) is 21.7. The quantitative estimate of drug-likeness (QED) is 0.659. The lowest BCUT2D eigenvalue weighted by Gasteiger charge is -2.15. The molecule has 0 unspecified atom stereocenters. The summed E-state index contributed by atoms with van der Waals surface area (Å²) in [5.74, 6) is -0.0258. The number of nitrogens with zero attached hydrogens (tertiary/aromatic N) is 2. The molecular weight excluding hydrogens is 362 g/mol. The first-order chi connectivity index (χ1) is 13.2. The number of hydrogen-bond acceptors (Lipinski definition) is 6. The van der Waals surface area contributed by atoms with Gasteiger partial charge in [0.05, 0.1) is 6.61 Å². The minimum absolute atomic E-state index is 0.0184. The van der Waals surface area contributed by atoms with E-state index in [4.69, 9.17) is 9.15 Å². The van der Waals surface area contributed by atoms with Gasteiger partial charge >= 0.3 is 5.97 Å². The van der Waals surface area contributed by atoms with Crippen molar-refractivity contribution in [1.29, 1.82) is 0 Å². The Kier molecular flexibility index (Phi) is 7.37. The van der Waals surface area contributed by atoms with Gasteiger partial charge in [0.1, 0.15) is 29.6 Å². The highest BCUT2D eigenvalue weighted by Gasteiger charge is 2.24. The van der Waals surface area contributed by atoms with Gasteiger partial charge in [-0.25, -0.2) is 9.78 Å². The van der Waals surface area contributed by atoms with E-state index < -0.39 is 11.5 Å². The maximum Gasteiger partial charge on any atom is 0.342 e. The van der Waals surface area contributed by atoms with E-state index in [-0.39, 0.29) is 47.5 Å². The Morgan fingerprint density at radius 1 is 1.29 bits per heavy atom. The van der Waals surface area contributed by atoms with E-state index in [2.05, 4.69) is 24.1 Å². The molecule has 2 rings (SSSR count). The second kappa shape index (κ2) is 9.52. The number of nitrogens with one attached hydrogen (secondary N) is 1. The van der Waals surface area contributed by atoms with Crippen molar-refractivity contribution in [2.75, 3.05) is 6.61 Å². The van der Waals surface area contributed by atoms with E-state index in [1.165, 1.54) is 10.9 Å². The summed E-state index contributed by atoms with van der Waals surface area (Å²) in [7, 11) is 0. The first-order valence-corrected chi connectivity index (χ1v) is 9.69. The van der Waals surface area contributed by atoms with Crippen LogP contribution >= 0.6 is 0 Å². The molecule has 0 aromatic carbocycles. The van der Waals surface area contributed by atoms with E-state index in [1.807, 2.05) is 6.92 Å². The van der Waals surface area contributed by atoms with Crippen LogP contribution in [-0.4, -0.2) is 34.1 Å². The second-order valence-corrected chi connectivity index (χ2v) is 7.40. The van der Waals surface area contributed by atoms with E-state index >= 15 is 0 Å². The van der Waals surface area contributed by atoms with Gasteiger partial charge in [0.2, 0.25) is 11.6 Å². The molecule has 2 aromatic rings. The number of aryl methyl sites for hydroxylation is 1. The molecule has 2 heterocycles. The molecule has 1 N–H and O–H groups in total. The Bertz CT molecular complexity index is 897. The number of rotatable bonds is 9. The number of carbonyl (C=O) groups excluding carboxylic acids is 2. The monoisotopic (exact) mass is 391 g/mol. The molecule has 0 saturated carbocycles. The zero-order valence-corrected chi connectivity index (χ0v) is 17.2. The molecule has 0 spiro atoms. The van der Waals surface area contributed by atoms with Gasteiger partial charge in [0.15, 0.2) is 0 Å². The Hall–Kier alpha value is -2.64. The largest absolute Gasteiger partial charge is 0.462 e. The molecule has 8 heteroatoms. The van der Waals surface area contributed by atoms with Crippen LogP contribution in [0.4, 0.5) is 0 Å². The van der Waals surface area contributed by atoms with Crippen LogP contribution in [0, 0.1) is 12.8 Å². The normalized spacial score (nSPS) is 12.4. The van der Waals surface area contributed by atoms with E-state index in [0.717, 1.165) is 19.3 Å². The molecular formula is C20H29N3O5. The van der Waals surface area contributed by atoms with Crippen LogP contribution in [0.25, 0.3) is 11.1 Å². The second-order valence-electron chi connectivity index (χ2n) is 7.40. The molecule has 1 atom stereocenters. The van der Waals surface area contributed by atoms with E-state index in [0.29, 0.717) is 5.92 Å². The summed E-state index contributed by atoms with van der Waals surface area (Å²) in [6, 6.07) is 0.0184. The van der Waals surface area contributed by atoms with Gasteiger partial charge in [-0.05, 0) is 33.1 Å². The summed E-state index contributed by atoms with van der Waals surface area (Å²) in [6.45, 7) is 9.53. The van der Waals surface area contributed by atoms with Gasteiger partial charge in [-0.3, -0.25) is 14.2 Å². The Morgan fingerprint density at radius 2 is 2.00 bits per heavy atom. The Labute approximate surface area is 164 Å². The number of aromatic nitrogens is 2. The van der Waals surface area contributed by atoms with Gasteiger partial charge in [0, 0.05) is 6.04 Å².